The Bertz CT molecular complexity index is 2990. The number of Topliss-reactive ketones (excluding diaryl/α,β-unsaturated/α-hetero) is 1. The number of aromatic nitrogens is 1. The maximum absolute atomic E-state index is 15.4. The minimum Gasteiger partial charge on any atom is -0.442 e. The summed E-state index contributed by atoms with van der Waals surface area (Å²) in [5.74, 6) is -72.2. The molecule has 1 heterocycles. The average molecular weight is 1010 g/mol. The van der Waals surface area contributed by atoms with Gasteiger partial charge in [-0.3, -0.25) is 4.79 Å². The minimum absolute atomic E-state index is 0.00233. The summed E-state index contributed by atoms with van der Waals surface area (Å²) in [5, 5.41) is 9.51. The lowest BCUT2D eigenvalue weighted by Crippen LogP contribution is -2.81. The second-order valence-electron chi connectivity index (χ2n) is 14.2. The van der Waals surface area contributed by atoms with Crippen LogP contribution in [0, 0.1) is 128 Å². The van der Waals surface area contributed by atoms with Crippen molar-refractivity contribution in [2.75, 3.05) is 6.61 Å². The Morgan fingerprint density at radius 1 is 0.429 bits per heavy atom. The highest BCUT2D eigenvalue weighted by molar-refractivity contribution is 7.20. The molecular formula is C44H15BF20N2O3. The summed E-state index contributed by atoms with van der Waals surface area (Å²) in [5.41, 5.74) is -12.8. The van der Waals surface area contributed by atoms with Crippen LogP contribution in [0.25, 0.3) is 10.9 Å². The fourth-order valence-electron chi connectivity index (χ4n) is 7.52. The van der Waals surface area contributed by atoms with Gasteiger partial charge in [0.15, 0.2) is 76.4 Å². The normalized spacial score (nSPS) is 11.4. The number of halogens is 20. The number of para-hydroxylation sites is 1. The van der Waals surface area contributed by atoms with E-state index in [2.05, 4.69) is 0 Å². The van der Waals surface area contributed by atoms with Crippen LogP contribution in [0.4, 0.5) is 87.8 Å². The molecule has 362 valence electrons. The summed E-state index contributed by atoms with van der Waals surface area (Å²) >= 11 is 0. The molecule has 0 amide bonds. The van der Waals surface area contributed by atoms with E-state index >= 15 is 35.1 Å². The number of carbonyl (C=O) groups excluding carboxylic acids is 2. The maximum Gasteiger partial charge on any atom is 0.404 e. The van der Waals surface area contributed by atoms with Gasteiger partial charge in [-0.25, -0.2) is 92.6 Å². The van der Waals surface area contributed by atoms with E-state index in [1.54, 1.807) is 47.0 Å². The third-order valence-corrected chi connectivity index (χ3v) is 10.5. The van der Waals surface area contributed by atoms with Crippen LogP contribution >= 0.6 is 0 Å². The van der Waals surface area contributed by atoms with Gasteiger partial charge < -0.3 is 4.74 Å². The summed E-state index contributed by atoms with van der Waals surface area (Å²) in [6.07, 6.45) is -7.22. The molecular weight excluding hydrogens is 995 g/mol. The predicted molar refractivity (Wildman–Crippen MR) is 200 cm³/mol. The van der Waals surface area contributed by atoms with Gasteiger partial charge in [0.1, 0.15) is 58.8 Å². The molecule has 7 rings (SSSR count). The molecule has 0 unspecified atom stereocenters. The van der Waals surface area contributed by atoms with E-state index in [-0.39, 0.29) is 24.6 Å². The van der Waals surface area contributed by atoms with Crippen molar-refractivity contribution in [3.8, 4) is 6.07 Å². The number of fused-ring (bicyclic) bond motifs is 1. The van der Waals surface area contributed by atoms with Gasteiger partial charge in [0, 0.05) is 23.1 Å². The molecule has 5 nitrogen and oxygen atoms in total. The number of hydrogen-bond acceptors (Lipinski definition) is 4. The third-order valence-electron chi connectivity index (χ3n) is 10.5. The molecule has 1 aromatic heterocycles. The molecule has 0 aliphatic carbocycles. The molecule has 0 saturated heterocycles. The molecule has 0 spiro atoms. The van der Waals surface area contributed by atoms with Crippen molar-refractivity contribution >= 4 is 50.7 Å². The first-order valence-electron chi connectivity index (χ1n) is 18.7. The lowest BCUT2D eigenvalue weighted by Gasteiger charge is -2.44. The van der Waals surface area contributed by atoms with Crippen LogP contribution in [0.15, 0.2) is 66.7 Å². The topological polar surface area (TPSA) is 71.0 Å². The van der Waals surface area contributed by atoms with Crippen molar-refractivity contribution in [2.45, 2.75) is 6.54 Å². The minimum atomic E-state index is -7.22. The molecule has 6 aromatic carbocycles. The van der Waals surface area contributed by atoms with E-state index in [4.69, 9.17) is 10.00 Å². The standard InChI is InChI=1S/C24BF20.C20H15N2O3/c26-5-1(6(27)14(35)21(42)13(5)34)25(2-7(28)15(36)22(43)16(37)8(2)29,3-9(30)17(38)23(44)18(39)10(3)31)4-11(32)19(40)24(45)20(41)12(4)33;21-12-13-25-20(24)18-11-10-15-6-4-5-9-17(15)22(18)14-19(23)16-7-2-1-3-8-16/h;1-11H,13-14H2/q-1;+1. The monoisotopic (exact) mass is 1010 g/mol. The molecule has 0 N–H and O–H groups in total. The summed E-state index contributed by atoms with van der Waals surface area (Å²) in [6.45, 7) is -0.333. The number of carbonyl (C=O) groups is 2. The molecule has 0 fully saturated rings. The number of pyridine rings is 1. The predicted octanol–water partition coefficient (Wildman–Crippen LogP) is 8.54. The Hall–Kier alpha value is -7.98. The highest BCUT2D eigenvalue weighted by atomic mass is 19.2. The third kappa shape index (κ3) is 8.17. The Morgan fingerprint density at radius 3 is 1.09 bits per heavy atom. The molecule has 0 radical (unpaired) electrons. The van der Waals surface area contributed by atoms with Crippen LogP contribution in [-0.4, -0.2) is 24.5 Å². The van der Waals surface area contributed by atoms with E-state index in [0.29, 0.717) is 5.56 Å². The Morgan fingerprint density at radius 2 is 0.743 bits per heavy atom. The van der Waals surface area contributed by atoms with E-state index < -0.39 is 150 Å². The van der Waals surface area contributed by atoms with E-state index in [9.17, 15) is 62.3 Å². The molecule has 0 aliphatic rings. The number of nitrogens with zero attached hydrogens (tertiary/aromatic N) is 2. The highest BCUT2D eigenvalue weighted by Crippen LogP contribution is 2.31. The smallest absolute Gasteiger partial charge is 0.404 e. The Kier molecular flexibility index (Phi) is 14.4. The van der Waals surface area contributed by atoms with Crippen LogP contribution in [0.5, 0.6) is 0 Å². The lowest BCUT2D eigenvalue weighted by molar-refractivity contribution is -0.659. The zero-order valence-corrected chi connectivity index (χ0v) is 33.5. The van der Waals surface area contributed by atoms with Gasteiger partial charge in [-0.05, 0) is 12.1 Å². The zero-order chi connectivity index (χ0) is 52.0. The summed E-state index contributed by atoms with van der Waals surface area (Å²) in [7, 11) is 0. The van der Waals surface area contributed by atoms with Crippen molar-refractivity contribution in [3.63, 3.8) is 0 Å². The lowest BCUT2D eigenvalue weighted by atomic mass is 9.12. The van der Waals surface area contributed by atoms with Gasteiger partial charge >= 0.3 is 5.97 Å². The molecule has 0 aliphatic heterocycles. The number of ketones is 1. The van der Waals surface area contributed by atoms with Crippen molar-refractivity contribution in [1.29, 1.82) is 5.26 Å². The van der Waals surface area contributed by atoms with Gasteiger partial charge in [-0.2, -0.15) is 9.83 Å². The molecule has 0 atom stereocenters. The maximum atomic E-state index is 15.4. The fourth-order valence-corrected chi connectivity index (χ4v) is 7.52. The van der Waals surface area contributed by atoms with Crippen LogP contribution in [-0.2, 0) is 11.3 Å². The Labute approximate surface area is 375 Å². The number of esters is 1. The van der Waals surface area contributed by atoms with Crippen molar-refractivity contribution < 1.29 is 107 Å². The number of ether oxygens (including phenoxy) is 1. The van der Waals surface area contributed by atoms with Crippen molar-refractivity contribution in [3.05, 3.63) is 194 Å². The largest absolute Gasteiger partial charge is 0.442 e. The van der Waals surface area contributed by atoms with Crippen molar-refractivity contribution in [1.82, 2.24) is 0 Å². The SMILES string of the molecule is Fc1c(F)c(F)c([B-](c2c(F)c(F)c(F)c(F)c2F)(c2c(F)c(F)c(F)c(F)c2F)c2c(F)c(F)c(F)c(F)c2F)c(F)c1F.N#CCOC(=O)c1ccc2ccccc2[n+]1CC(=O)c1ccccc1. The average Bonchev–Trinajstić information content (AvgIpc) is 3.35. The van der Waals surface area contributed by atoms with Crippen LogP contribution in [0.2, 0.25) is 0 Å². The quantitative estimate of drug-likeness (QED) is 0.0277. The first-order valence-corrected chi connectivity index (χ1v) is 18.7. The summed E-state index contributed by atoms with van der Waals surface area (Å²) < 4.78 is 301. The number of hydrogen-bond donors (Lipinski definition) is 0. The number of benzene rings is 6. The summed E-state index contributed by atoms with van der Waals surface area (Å²) in [6, 6.07) is 21.6. The van der Waals surface area contributed by atoms with E-state index in [1.165, 1.54) is 0 Å². The van der Waals surface area contributed by atoms with Crippen LogP contribution in [0.1, 0.15) is 20.8 Å². The van der Waals surface area contributed by atoms with Crippen LogP contribution < -0.4 is 26.4 Å². The van der Waals surface area contributed by atoms with Crippen LogP contribution in [0.3, 0.4) is 0 Å². The zero-order valence-electron chi connectivity index (χ0n) is 33.5. The molecule has 0 bridgehead atoms. The van der Waals surface area contributed by atoms with E-state index in [0.717, 1.165) is 10.9 Å². The first-order chi connectivity index (χ1) is 32.9. The summed E-state index contributed by atoms with van der Waals surface area (Å²) in [4.78, 5) is 24.9. The van der Waals surface area contributed by atoms with Crippen molar-refractivity contribution in [2.24, 2.45) is 0 Å². The van der Waals surface area contributed by atoms with Gasteiger partial charge in [-0.15, -0.1) is 21.9 Å². The highest BCUT2D eigenvalue weighted by Gasteiger charge is 2.52. The molecule has 7 aromatic rings. The van der Waals surface area contributed by atoms with Gasteiger partial charge in [0.25, 0.3) is 5.69 Å². The number of rotatable bonds is 9. The second kappa shape index (κ2) is 19.6. The first kappa shape index (κ1) is 51.4. The fraction of sp³-hybridized carbons (Fsp3) is 0.0455. The van der Waals surface area contributed by atoms with E-state index in [1.807, 2.05) is 30.3 Å². The number of nitriles is 1. The molecule has 26 heteroatoms. The van der Waals surface area contributed by atoms with Gasteiger partial charge in [0.2, 0.25) is 17.8 Å². The van der Waals surface area contributed by atoms with Gasteiger partial charge in [0.05, 0.1) is 0 Å². The molecule has 0 saturated carbocycles. The molecule has 70 heavy (non-hydrogen) atoms. The second-order valence-corrected chi connectivity index (χ2v) is 14.2. The Balaban J connectivity index is 0.000000270. The van der Waals surface area contributed by atoms with Gasteiger partial charge in [-0.1, -0.05) is 42.5 Å².